The summed E-state index contributed by atoms with van der Waals surface area (Å²) in [7, 11) is 0. The Bertz CT molecular complexity index is 156. The molecule has 12 heavy (non-hydrogen) atoms. The molecule has 0 aromatic rings. The molecule has 2 nitrogen and oxygen atoms in total. The molecule has 0 fully saturated rings. The van der Waals surface area contributed by atoms with Gasteiger partial charge >= 0.3 is 0 Å². The Balaban J connectivity index is 3.72. The third-order valence-corrected chi connectivity index (χ3v) is 2.23. The van der Waals surface area contributed by atoms with Crippen LogP contribution in [0.3, 0.4) is 0 Å². The van der Waals surface area contributed by atoms with Gasteiger partial charge in [0.25, 0.3) is 0 Å². The fraction of sp³-hybridized carbons (Fsp3) is 0.800. The predicted molar refractivity (Wildman–Crippen MR) is 49.6 cm³/mol. The molecule has 0 heterocycles. The van der Waals surface area contributed by atoms with Crippen LogP contribution >= 0.6 is 0 Å². The van der Waals surface area contributed by atoms with Crippen molar-refractivity contribution in [2.45, 2.75) is 51.2 Å². The van der Waals surface area contributed by atoms with E-state index in [2.05, 4.69) is 5.92 Å². The maximum Gasteiger partial charge on any atom is 0.0874 e. The molecule has 0 aliphatic carbocycles. The molecule has 0 spiro atoms. The molecule has 0 saturated carbocycles. The first kappa shape index (κ1) is 11.5. The van der Waals surface area contributed by atoms with Crippen LogP contribution in [0.15, 0.2) is 0 Å². The fourth-order valence-electron chi connectivity index (χ4n) is 0.944. The lowest BCUT2D eigenvalue weighted by atomic mass is 9.92. The number of hydrogen-bond donors (Lipinski definition) is 2. The van der Waals surface area contributed by atoms with E-state index in [1.54, 1.807) is 6.92 Å². The second-order valence-corrected chi connectivity index (χ2v) is 3.32. The van der Waals surface area contributed by atoms with Gasteiger partial charge in [0.2, 0.25) is 0 Å². The number of terminal acetylenes is 1. The number of aliphatic hydroxyl groups excluding tert-OH is 1. The van der Waals surface area contributed by atoms with Crippen molar-refractivity contribution < 1.29 is 10.2 Å². The van der Waals surface area contributed by atoms with Crippen molar-refractivity contribution in [2.75, 3.05) is 0 Å². The lowest BCUT2D eigenvalue weighted by Gasteiger charge is -2.27. The summed E-state index contributed by atoms with van der Waals surface area (Å²) in [5, 5.41) is 19.1. The summed E-state index contributed by atoms with van der Waals surface area (Å²) in [5.41, 5.74) is -0.964. The zero-order chi connectivity index (χ0) is 9.61. The molecular weight excluding hydrogens is 152 g/mol. The largest absolute Gasteiger partial charge is 0.390 e. The minimum atomic E-state index is -0.964. The Morgan fingerprint density at radius 3 is 2.58 bits per heavy atom. The molecule has 0 aromatic heterocycles. The van der Waals surface area contributed by atoms with Crippen LogP contribution in [-0.4, -0.2) is 21.9 Å². The van der Waals surface area contributed by atoms with Crippen LogP contribution in [0.2, 0.25) is 0 Å². The van der Waals surface area contributed by atoms with Gasteiger partial charge < -0.3 is 10.2 Å². The molecule has 0 saturated heterocycles. The van der Waals surface area contributed by atoms with E-state index in [-0.39, 0.29) is 0 Å². The Kier molecular flexibility index (Phi) is 4.96. The summed E-state index contributed by atoms with van der Waals surface area (Å²) in [6, 6.07) is 0. The lowest BCUT2D eigenvalue weighted by Crippen LogP contribution is -2.38. The number of rotatable bonds is 5. The van der Waals surface area contributed by atoms with Crippen molar-refractivity contribution in [1.29, 1.82) is 0 Å². The molecular formula is C10H18O2. The standard InChI is InChI=1S/C10H18O2/c1-4-6-7-8-9(11)10(3,12)5-2/h1,9,11-12H,5-8H2,2-3H3. The second-order valence-electron chi connectivity index (χ2n) is 3.32. The second kappa shape index (κ2) is 5.18. The molecule has 2 N–H and O–H groups in total. The van der Waals surface area contributed by atoms with Crippen LogP contribution in [0.1, 0.15) is 39.5 Å². The van der Waals surface area contributed by atoms with Crippen LogP contribution in [0.25, 0.3) is 0 Å². The predicted octanol–water partition coefficient (Wildman–Crippen LogP) is 1.31. The van der Waals surface area contributed by atoms with Crippen LogP contribution in [-0.2, 0) is 0 Å². The van der Waals surface area contributed by atoms with Gasteiger partial charge in [-0.05, 0) is 26.2 Å². The highest BCUT2D eigenvalue weighted by Gasteiger charge is 2.27. The smallest absolute Gasteiger partial charge is 0.0874 e. The maximum atomic E-state index is 9.59. The van der Waals surface area contributed by atoms with Gasteiger partial charge in [-0.1, -0.05) is 6.92 Å². The van der Waals surface area contributed by atoms with Crippen molar-refractivity contribution in [3.8, 4) is 12.3 Å². The van der Waals surface area contributed by atoms with Gasteiger partial charge in [-0.25, -0.2) is 0 Å². The highest BCUT2D eigenvalue weighted by atomic mass is 16.3. The van der Waals surface area contributed by atoms with Crippen LogP contribution < -0.4 is 0 Å². The van der Waals surface area contributed by atoms with Crippen molar-refractivity contribution in [1.82, 2.24) is 0 Å². The van der Waals surface area contributed by atoms with Crippen molar-refractivity contribution in [3.63, 3.8) is 0 Å². The van der Waals surface area contributed by atoms with E-state index in [4.69, 9.17) is 6.42 Å². The summed E-state index contributed by atoms with van der Waals surface area (Å²) in [5.74, 6) is 2.50. The van der Waals surface area contributed by atoms with Crippen molar-refractivity contribution >= 4 is 0 Å². The number of unbranched alkanes of at least 4 members (excludes halogenated alkanes) is 1. The quantitative estimate of drug-likeness (QED) is 0.482. The van der Waals surface area contributed by atoms with Gasteiger partial charge in [-0.2, -0.15) is 0 Å². The molecule has 0 rings (SSSR count). The highest BCUT2D eigenvalue weighted by Crippen LogP contribution is 2.18. The molecule has 0 bridgehead atoms. The van der Waals surface area contributed by atoms with Gasteiger partial charge in [0.1, 0.15) is 0 Å². The van der Waals surface area contributed by atoms with E-state index < -0.39 is 11.7 Å². The third-order valence-electron chi connectivity index (χ3n) is 2.23. The highest BCUT2D eigenvalue weighted by molar-refractivity contribution is 4.85. The zero-order valence-corrected chi connectivity index (χ0v) is 7.88. The monoisotopic (exact) mass is 170 g/mol. The van der Waals surface area contributed by atoms with E-state index in [0.29, 0.717) is 19.3 Å². The Labute approximate surface area is 74.6 Å². The maximum absolute atomic E-state index is 9.59. The summed E-state index contributed by atoms with van der Waals surface area (Å²) < 4.78 is 0. The summed E-state index contributed by atoms with van der Waals surface area (Å²) in [6.45, 7) is 3.50. The lowest BCUT2D eigenvalue weighted by molar-refractivity contribution is -0.0674. The fourth-order valence-corrected chi connectivity index (χ4v) is 0.944. The molecule has 0 radical (unpaired) electrons. The summed E-state index contributed by atoms with van der Waals surface area (Å²) in [4.78, 5) is 0. The Morgan fingerprint density at radius 1 is 1.58 bits per heavy atom. The van der Waals surface area contributed by atoms with Gasteiger partial charge in [-0.15, -0.1) is 12.3 Å². The van der Waals surface area contributed by atoms with E-state index in [0.717, 1.165) is 6.42 Å². The van der Waals surface area contributed by atoms with Crippen LogP contribution in [0.5, 0.6) is 0 Å². The minimum Gasteiger partial charge on any atom is -0.390 e. The van der Waals surface area contributed by atoms with Gasteiger partial charge in [-0.3, -0.25) is 0 Å². The first-order chi connectivity index (χ1) is 5.54. The molecule has 2 heteroatoms. The first-order valence-electron chi connectivity index (χ1n) is 4.38. The van der Waals surface area contributed by atoms with Crippen LogP contribution in [0, 0.1) is 12.3 Å². The average molecular weight is 170 g/mol. The summed E-state index contributed by atoms with van der Waals surface area (Å²) >= 11 is 0. The van der Waals surface area contributed by atoms with Crippen molar-refractivity contribution in [3.05, 3.63) is 0 Å². The van der Waals surface area contributed by atoms with Gasteiger partial charge in [0.05, 0.1) is 11.7 Å². The summed E-state index contributed by atoms with van der Waals surface area (Å²) in [6.07, 6.45) is 6.97. The molecule has 0 aromatic carbocycles. The van der Waals surface area contributed by atoms with Crippen molar-refractivity contribution in [2.24, 2.45) is 0 Å². The average Bonchev–Trinajstić information content (AvgIpc) is 2.05. The van der Waals surface area contributed by atoms with E-state index in [1.807, 2.05) is 6.92 Å². The van der Waals surface area contributed by atoms with E-state index in [1.165, 1.54) is 0 Å². The van der Waals surface area contributed by atoms with Gasteiger partial charge in [0.15, 0.2) is 0 Å². The molecule has 0 aliphatic rings. The SMILES string of the molecule is C#CCCCC(O)C(C)(O)CC. The van der Waals surface area contributed by atoms with Crippen LogP contribution in [0.4, 0.5) is 0 Å². The molecule has 2 atom stereocenters. The Hall–Kier alpha value is -0.520. The number of aliphatic hydroxyl groups is 2. The molecule has 2 unspecified atom stereocenters. The molecule has 70 valence electrons. The van der Waals surface area contributed by atoms with E-state index >= 15 is 0 Å². The normalized spacial score (nSPS) is 17.9. The third kappa shape index (κ3) is 3.75. The zero-order valence-electron chi connectivity index (χ0n) is 7.88. The minimum absolute atomic E-state index is 0.560. The molecule has 0 amide bonds. The topological polar surface area (TPSA) is 40.5 Å². The molecule has 0 aliphatic heterocycles. The van der Waals surface area contributed by atoms with Gasteiger partial charge in [0, 0.05) is 6.42 Å². The number of hydrogen-bond acceptors (Lipinski definition) is 2. The Morgan fingerprint density at radius 2 is 2.17 bits per heavy atom. The van der Waals surface area contributed by atoms with E-state index in [9.17, 15) is 10.2 Å². The first-order valence-corrected chi connectivity index (χ1v) is 4.38.